The zero-order valence-electron chi connectivity index (χ0n) is 20.0. The summed E-state index contributed by atoms with van der Waals surface area (Å²) in [6, 6.07) is 19.0. The molecule has 1 aliphatic heterocycles. The highest BCUT2D eigenvalue weighted by Crippen LogP contribution is 2.42. The predicted octanol–water partition coefficient (Wildman–Crippen LogP) is 6.07. The molecule has 9 heteroatoms. The number of anilines is 3. The van der Waals surface area contributed by atoms with E-state index in [1.807, 2.05) is 48.7 Å². The van der Waals surface area contributed by atoms with E-state index in [0.29, 0.717) is 11.3 Å². The third-order valence-corrected chi connectivity index (χ3v) is 6.60. The minimum atomic E-state index is -0.251. The van der Waals surface area contributed by atoms with Crippen molar-refractivity contribution in [2.24, 2.45) is 0 Å². The predicted molar refractivity (Wildman–Crippen MR) is 146 cm³/mol. The van der Waals surface area contributed by atoms with Gasteiger partial charge in [-0.1, -0.05) is 24.3 Å². The van der Waals surface area contributed by atoms with E-state index in [2.05, 4.69) is 42.2 Å². The number of hydrogen-bond donors (Lipinski definition) is 4. The number of carbonyl (C=O) groups excluding carboxylic acids is 1. The highest BCUT2D eigenvalue weighted by atomic mass is 16.3. The van der Waals surface area contributed by atoms with Gasteiger partial charge in [0.2, 0.25) is 0 Å². The highest BCUT2D eigenvalue weighted by Gasteiger charge is 2.28. The van der Waals surface area contributed by atoms with Crippen molar-refractivity contribution in [3.05, 3.63) is 109 Å². The molecule has 38 heavy (non-hydrogen) atoms. The number of nitrogens with one attached hydrogen (secondary N) is 4. The molecule has 1 amide bonds. The summed E-state index contributed by atoms with van der Waals surface area (Å²) in [4.78, 5) is 21.4. The Kier molecular flexibility index (Phi) is 5.11. The number of hydrogen-bond acceptors (Lipinski definition) is 7. The standard InChI is InChI=1S/C29H21N7O2/c37-29(17-4-2-1-3-5-17)32-21-10-20(12-30-13-21)18-6-7-24-22(11-18)27(36-35-24)28-33-25-15-31-14-23(26(25)34-28)19-8-9-38-16-19/h1-16,28,33-34H,(H,32,37)(H,35,36). The molecule has 0 saturated carbocycles. The first-order chi connectivity index (χ1) is 18.7. The molecule has 0 radical (unpaired) electrons. The van der Waals surface area contributed by atoms with Crippen LogP contribution in [-0.2, 0) is 0 Å². The van der Waals surface area contributed by atoms with Crippen LogP contribution in [0.4, 0.5) is 17.1 Å². The van der Waals surface area contributed by atoms with Crippen molar-refractivity contribution in [3.63, 3.8) is 0 Å². The molecule has 1 atom stereocenters. The highest BCUT2D eigenvalue weighted by molar-refractivity contribution is 6.04. The number of nitrogens with zero attached hydrogens (tertiary/aromatic N) is 3. The molecule has 0 saturated heterocycles. The van der Waals surface area contributed by atoms with Crippen molar-refractivity contribution in [2.75, 3.05) is 16.0 Å². The molecule has 6 aromatic rings. The third kappa shape index (κ3) is 3.82. The fraction of sp³-hybridized carbons (Fsp3) is 0.0345. The second-order valence-electron chi connectivity index (χ2n) is 8.99. The quantitative estimate of drug-likeness (QED) is 0.227. The molecule has 1 unspecified atom stereocenters. The number of fused-ring (bicyclic) bond motifs is 2. The lowest BCUT2D eigenvalue weighted by Gasteiger charge is -2.11. The zero-order chi connectivity index (χ0) is 25.5. The van der Waals surface area contributed by atoms with Crippen molar-refractivity contribution < 1.29 is 9.21 Å². The topological polar surface area (TPSA) is 121 Å². The van der Waals surface area contributed by atoms with Gasteiger partial charge in [0, 0.05) is 40.0 Å². The van der Waals surface area contributed by atoms with Crippen LogP contribution in [0.25, 0.3) is 33.2 Å². The summed E-state index contributed by atoms with van der Waals surface area (Å²) in [5.74, 6) is -0.181. The van der Waals surface area contributed by atoms with Crippen molar-refractivity contribution in [3.8, 4) is 22.3 Å². The molecule has 4 N–H and O–H groups in total. The fourth-order valence-corrected chi connectivity index (χ4v) is 4.73. The number of carbonyl (C=O) groups is 1. The second-order valence-corrected chi connectivity index (χ2v) is 8.99. The van der Waals surface area contributed by atoms with Gasteiger partial charge < -0.3 is 20.4 Å². The number of aromatic amines is 1. The Balaban J connectivity index is 1.19. The van der Waals surface area contributed by atoms with Crippen molar-refractivity contribution in [2.45, 2.75) is 6.17 Å². The first-order valence-electron chi connectivity index (χ1n) is 12.1. The Morgan fingerprint density at radius 3 is 2.63 bits per heavy atom. The number of furan rings is 1. The van der Waals surface area contributed by atoms with Gasteiger partial charge in [-0.3, -0.25) is 19.9 Å². The maximum absolute atomic E-state index is 12.6. The maximum Gasteiger partial charge on any atom is 0.255 e. The molecule has 4 aromatic heterocycles. The monoisotopic (exact) mass is 499 g/mol. The Morgan fingerprint density at radius 2 is 1.76 bits per heavy atom. The van der Waals surface area contributed by atoms with Gasteiger partial charge in [-0.15, -0.1) is 0 Å². The second kappa shape index (κ2) is 8.90. The van der Waals surface area contributed by atoms with E-state index in [4.69, 9.17) is 4.42 Å². The fourth-order valence-electron chi connectivity index (χ4n) is 4.73. The molecule has 0 spiro atoms. The van der Waals surface area contributed by atoms with Crippen molar-refractivity contribution >= 4 is 33.9 Å². The van der Waals surface area contributed by atoms with Gasteiger partial charge in [-0.05, 0) is 42.0 Å². The summed E-state index contributed by atoms with van der Waals surface area (Å²) in [6.45, 7) is 0. The van der Waals surface area contributed by atoms with Crippen molar-refractivity contribution in [1.82, 2.24) is 20.2 Å². The summed E-state index contributed by atoms with van der Waals surface area (Å²) in [5, 5.41) is 18.7. The normalized spacial score (nSPS) is 14.1. The summed E-state index contributed by atoms with van der Waals surface area (Å²) >= 11 is 0. The molecular formula is C29H21N7O2. The Hall–Kier alpha value is -5.44. The molecule has 2 aromatic carbocycles. The number of rotatable bonds is 5. The van der Waals surface area contributed by atoms with E-state index in [9.17, 15) is 4.79 Å². The smallest absolute Gasteiger partial charge is 0.255 e. The molecule has 184 valence electrons. The van der Waals surface area contributed by atoms with Gasteiger partial charge in [0.25, 0.3) is 5.91 Å². The van der Waals surface area contributed by atoms with E-state index < -0.39 is 0 Å². The van der Waals surface area contributed by atoms with Crippen LogP contribution in [0.2, 0.25) is 0 Å². The third-order valence-electron chi connectivity index (χ3n) is 6.60. The average molecular weight is 500 g/mol. The van der Waals surface area contributed by atoms with E-state index in [0.717, 1.165) is 50.2 Å². The van der Waals surface area contributed by atoms with Gasteiger partial charge in [0.05, 0.1) is 47.5 Å². The van der Waals surface area contributed by atoms with Crippen molar-refractivity contribution in [1.29, 1.82) is 0 Å². The van der Waals surface area contributed by atoms with Crippen LogP contribution >= 0.6 is 0 Å². The number of benzene rings is 2. The van der Waals surface area contributed by atoms with Gasteiger partial charge in [-0.25, -0.2) is 0 Å². The van der Waals surface area contributed by atoms with Crippen LogP contribution in [0.3, 0.4) is 0 Å². The molecule has 7 rings (SSSR count). The van der Waals surface area contributed by atoms with E-state index >= 15 is 0 Å². The van der Waals surface area contributed by atoms with Gasteiger partial charge in [0.1, 0.15) is 11.9 Å². The molecule has 1 aliphatic rings. The first-order valence-corrected chi connectivity index (χ1v) is 12.1. The van der Waals surface area contributed by atoms with E-state index in [-0.39, 0.29) is 12.1 Å². The molecule has 0 aliphatic carbocycles. The largest absolute Gasteiger partial charge is 0.472 e. The molecule has 0 bridgehead atoms. The molecule has 9 nitrogen and oxygen atoms in total. The number of H-pyrrole nitrogens is 1. The van der Waals surface area contributed by atoms with Crippen LogP contribution in [0.15, 0.2) is 102 Å². The summed E-state index contributed by atoms with van der Waals surface area (Å²) in [5.41, 5.74) is 8.54. The minimum absolute atomic E-state index is 0.181. The van der Waals surface area contributed by atoms with Gasteiger partial charge in [0.15, 0.2) is 0 Å². The molecule has 5 heterocycles. The summed E-state index contributed by atoms with van der Waals surface area (Å²) in [6.07, 6.45) is 10.1. The lowest BCUT2D eigenvalue weighted by Crippen LogP contribution is -2.13. The summed E-state index contributed by atoms with van der Waals surface area (Å²) in [7, 11) is 0. The number of amides is 1. The summed E-state index contributed by atoms with van der Waals surface area (Å²) < 4.78 is 5.27. The van der Waals surface area contributed by atoms with Gasteiger partial charge >= 0.3 is 0 Å². The Bertz CT molecular complexity index is 1780. The number of aromatic nitrogens is 4. The Morgan fingerprint density at radius 1 is 0.868 bits per heavy atom. The van der Waals surface area contributed by atoms with Crippen LogP contribution in [0.1, 0.15) is 22.2 Å². The molecule has 0 fully saturated rings. The van der Waals surface area contributed by atoms with Gasteiger partial charge in [-0.2, -0.15) is 5.10 Å². The van der Waals surface area contributed by atoms with E-state index in [1.54, 1.807) is 43.2 Å². The number of pyridine rings is 2. The first kappa shape index (κ1) is 21.8. The molecular weight excluding hydrogens is 478 g/mol. The average Bonchev–Trinajstić information content (AvgIpc) is 3.73. The maximum atomic E-state index is 12.6. The Labute approximate surface area is 217 Å². The van der Waals surface area contributed by atoms with E-state index in [1.165, 1.54) is 0 Å². The minimum Gasteiger partial charge on any atom is -0.472 e. The van der Waals surface area contributed by atoms with Crippen LogP contribution in [0, 0.1) is 0 Å². The zero-order valence-corrected chi connectivity index (χ0v) is 20.0. The SMILES string of the molecule is O=C(Nc1cncc(-c2ccc3[nH]nc(C4Nc5cncc(-c6ccoc6)c5N4)c3c2)c1)c1ccccc1. The van der Waals surface area contributed by atoms with Crippen LogP contribution in [-0.4, -0.2) is 26.1 Å². The van der Waals surface area contributed by atoms with Crippen LogP contribution < -0.4 is 16.0 Å². The van der Waals surface area contributed by atoms with Crippen LogP contribution in [0.5, 0.6) is 0 Å². The lowest BCUT2D eigenvalue weighted by molar-refractivity contribution is 0.102. The lowest BCUT2D eigenvalue weighted by atomic mass is 10.0.